The molecule has 1 N–H and O–H groups in total. The van der Waals surface area contributed by atoms with E-state index in [4.69, 9.17) is 11.6 Å². The van der Waals surface area contributed by atoms with Crippen LogP contribution in [0, 0.1) is 27.8 Å². The van der Waals surface area contributed by atoms with E-state index in [1.165, 1.54) is 30.3 Å². The minimum Gasteiger partial charge on any atom is -0.324 e. The number of imide groups is 1. The fourth-order valence-corrected chi connectivity index (χ4v) is 6.40. The Bertz CT molecular complexity index is 1300. The van der Waals surface area contributed by atoms with Crippen molar-refractivity contribution >= 4 is 46.4 Å². The van der Waals surface area contributed by atoms with Gasteiger partial charge in [0.25, 0.3) is 5.69 Å². The van der Waals surface area contributed by atoms with Crippen molar-refractivity contribution in [1.82, 2.24) is 4.90 Å². The number of nitrogens with one attached hydrogen (secondary N) is 1. The summed E-state index contributed by atoms with van der Waals surface area (Å²) in [5.74, 6) is -4.07. The summed E-state index contributed by atoms with van der Waals surface area (Å²) < 4.78 is 14.3. The van der Waals surface area contributed by atoms with Crippen LogP contribution in [0.3, 0.4) is 0 Å². The van der Waals surface area contributed by atoms with Gasteiger partial charge in [0.1, 0.15) is 16.4 Å². The van der Waals surface area contributed by atoms with E-state index in [9.17, 15) is 28.9 Å². The molecule has 4 aliphatic heterocycles. The second-order valence-corrected chi connectivity index (χ2v) is 9.13. The quantitative estimate of drug-likeness (QED) is 0.410. The van der Waals surface area contributed by atoms with Gasteiger partial charge in [0.15, 0.2) is 0 Å². The lowest BCUT2D eigenvalue weighted by Gasteiger charge is -2.36. The average molecular weight is 471 g/mol. The number of hydrogen-bond donors (Lipinski definition) is 1. The van der Waals surface area contributed by atoms with Crippen molar-refractivity contribution < 1.29 is 23.7 Å². The van der Waals surface area contributed by atoms with E-state index in [0.29, 0.717) is 24.2 Å². The first-order valence-corrected chi connectivity index (χ1v) is 10.8. The molecule has 11 heteroatoms. The highest BCUT2D eigenvalue weighted by atomic mass is 35.5. The predicted octanol–water partition coefficient (Wildman–Crippen LogP) is 2.82. The summed E-state index contributed by atoms with van der Waals surface area (Å²) >= 11 is 5.90. The molecule has 3 amide bonds. The number of nitro groups is 1. The summed E-state index contributed by atoms with van der Waals surface area (Å²) in [7, 11) is 0. The van der Waals surface area contributed by atoms with E-state index >= 15 is 0 Å². The van der Waals surface area contributed by atoms with Gasteiger partial charge < -0.3 is 5.32 Å². The Hall–Kier alpha value is -3.37. The number of amides is 3. The van der Waals surface area contributed by atoms with E-state index in [-0.39, 0.29) is 16.8 Å². The Morgan fingerprint density at radius 1 is 1.15 bits per heavy atom. The highest BCUT2D eigenvalue weighted by Gasteiger charge is 2.74. The molecule has 2 aromatic rings. The lowest BCUT2D eigenvalue weighted by atomic mass is 9.75. The van der Waals surface area contributed by atoms with Gasteiger partial charge in [-0.2, -0.15) is 0 Å². The van der Waals surface area contributed by atoms with Crippen molar-refractivity contribution in [3.63, 3.8) is 0 Å². The van der Waals surface area contributed by atoms with Crippen molar-refractivity contribution in [1.29, 1.82) is 0 Å². The summed E-state index contributed by atoms with van der Waals surface area (Å²) in [4.78, 5) is 54.3. The van der Waals surface area contributed by atoms with Crippen molar-refractivity contribution in [3.05, 3.63) is 62.9 Å². The molecule has 0 unspecified atom stereocenters. The van der Waals surface area contributed by atoms with Crippen molar-refractivity contribution in [3.8, 4) is 0 Å². The van der Waals surface area contributed by atoms with Gasteiger partial charge in [-0.25, -0.2) is 9.29 Å². The van der Waals surface area contributed by atoms with Crippen LogP contribution in [0.5, 0.6) is 0 Å². The smallest absolute Gasteiger partial charge is 0.289 e. The molecule has 33 heavy (non-hydrogen) atoms. The summed E-state index contributed by atoms with van der Waals surface area (Å²) in [5, 5.41) is 14.0. The van der Waals surface area contributed by atoms with E-state index in [2.05, 4.69) is 5.32 Å². The molecule has 0 aromatic heterocycles. The molecule has 0 saturated carbocycles. The molecule has 4 heterocycles. The largest absolute Gasteiger partial charge is 0.324 e. The van der Waals surface area contributed by atoms with Gasteiger partial charge in [0, 0.05) is 23.4 Å². The number of nitrogens with zero attached hydrogens (tertiary/aromatic N) is 3. The van der Waals surface area contributed by atoms with Crippen LogP contribution in [0.1, 0.15) is 18.4 Å². The molecule has 1 spiro atoms. The zero-order valence-electron chi connectivity index (χ0n) is 17.0. The lowest BCUT2D eigenvalue weighted by molar-refractivity contribution is -0.384. The number of halogens is 2. The normalized spacial score (nSPS) is 30.1. The second-order valence-electron chi connectivity index (χ2n) is 8.72. The number of rotatable bonds is 2. The van der Waals surface area contributed by atoms with Crippen molar-refractivity contribution in [2.75, 3.05) is 16.8 Å². The van der Waals surface area contributed by atoms with E-state index in [1.807, 2.05) is 4.90 Å². The highest BCUT2D eigenvalue weighted by Crippen LogP contribution is 2.60. The number of carbonyl (C=O) groups is 3. The molecule has 4 atom stereocenters. The topological polar surface area (TPSA) is 113 Å². The number of carbonyl (C=O) groups excluding carboxylic acids is 3. The third-order valence-electron chi connectivity index (χ3n) is 7.34. The number of nitro benzene ring substituents is 1. The number of hydrogen-bond acceptors (Lipinski definition) is 6. The Morgan fingerprint density at radius 3 is 2.70 bits per heavy atom. The van der Waals surface area contributed by atoms with Gasteiger partial charge in [0.2, 0.25) is 17.7 Å². The molecule has 0 bridgehead atoms. The molecule has 0 radical (unpaired) electrons. The third kappa shape index (κ3) is 2.37. The van der Waals surface area contributed by atoms with Gasteiger partial charge in [-0.15, -0.1) is 0 Å². The van der Waals surface area contributed by atoms with Crippen LogP contribution in [0.4, 0.5) is 21.5 Å². The van der Waals surface area contributed by atoms with Crippen LogP contribution in [-0.2, 0) is 19.9 Å². The van der Waals surface area contributed by atoms with Gasteiger partial charge in [-0.3, -0.25) is 29.4 Å². The Morgan fingerprint density at radius 2 is 1.94 bits per heavy atom. The molecule has 4 aliphatic rings. The molecular weight excluding hydrogens is 455 g/mol. The molecule has 9 nitrogen and oxygen atoms in total. The summed E-state index contributed by atoms with van der Waals surface area (Å²) in [6, 6.07) is 7.27. The van der Waals surface area contributed by atoms with Crippen LogP contribution in [0.15, 0.2) is 36.4 Å². The maximum Gasteiger partial charge on any atom is 0.289 e. The van der Waals surface area contributed by atoms with Crippen LogP contribution in [0.25, 0.3) is 0 Å². The fourth-order valence-electron chi connectivity index (χ4n) is 6.21. The summed E-state index contributed by atoms with van der Waals surface area (Å²) in [5.41, 5.74) is -1.17. The van der Waals surface area contributed by atoms with Crippen LogP contribution in [0.2, 0.25) is 5.02 Å². The monoisotopic (exact) mass is 470 g/mol. The highest BCUT2D eigenvalue weighted by molar-refractivity contribution is 6.33. The maximum atomic E-state index is 14.3. The van der Waals surface area contributed by atoms with Crippen molar-refractivity contribution in [2.24, 2.45) is 11.8 Å². The Labute approximate surface area is 191 Å². The molecule has 2 aromatic carbocycles. The summed E-state index contributed by atoms with van der Waals surface area (Å²) in [6.07, 6.45) is 1.33. The van der Waals surface area contributed by atoms with Gasteiger partial charge in [-0.05, 0) is 49.7 Å². The first kappa shape index (κ1) is 20.3. The van der Waals surface area contributed by atoms with Gasteiger partial charge in [0.05, 0.1) is 22.4 Å². The van der Waals surface area contributed by atoms with Gasteiger partial charge in [-0.1, -0.05) is 11.6 Å². The van der Waals surface area contributed by atoms with Crippen LogP contribution < -0.4 is 10.2 Å². The van der Waals surface area contributed by atoms with Crippen LogP contribution >= 0.6 is 11.6 Å². The van der Waals surface area contributed by atoms with E-state index in [0.717, 1.165) is 17.4 Å². The standard InChI is InChI=1S/C22H16ClFN4O5/c23-13-5-4-11(9-16(13)28(32)33)27-19(29)17-15-2-1-7-26(15)22(18(17)20(27)30)12-8-10(24)3-6-14(12)25-21(22)31/h3-6,8-9,15,17-18H,1-2,7H2,(H,25,31)/t15-,17+,18-,22-/m0/s1. The zero-order chi connectivity index (χ0) is 23.2. The average Bonchev–Trinajstić information content (AvgIpc) is 3.47. The zero-order valence-corrected chi connectivity index (χ0v) is 17.7. The Kier molecular flexibility index (Phi) is 4.04. The summed E-state index contributed by atoms with van der Waals surface area (Å²) in [6.45, 7) is 0.494. The SMILES string of the molecule is O=C1[C@H]2[C@@H](C(=O)N1c1ccc(Cl)c([N+](=O)[O-])c1)[C@@]1(C(=O)Nc3ccc(F)cc31)N1CCC[C@@H]21. The molecule has 6 rings (SSSR count). The first-order valence-electron chi connectivity index (χ1n) is 10.5. The number of benzene rings is 2. The number of fused-ring (bicyclic) bond motifs is 7. The molecule has 168 valence electrons. The predicted molar refractivity (Wildman–Crippen MR) is 114 cm³/mol. The lowest BCUT2D eigenvalue weighted by Crippen LogP contribution is -2.54. The third-order valence-corrected chi connectivity index (χ3v) is 7.66. The number of anilines is 2. The second kappa shape index (κ2) is 6.58. The minimum absolute atomic E-state index is 0.0214. The van der Waals surface area contributed by atoms with E-state index in [1.54, 1.807) is 0 Å². The van der Waals surface area contributed by atoms with Crippen molar-refractivity contribution in [2.45, 2.75) is 24.4 Å². The fraction of sp³-hybridized carbons (Fsp3) is 0.318. The van der Waals surface area contributed by atoms with Gasteiger partial charge >= 0.3 is 0 Å². The van der Waals surface area contributed by atoms with E-state index < -0.39 is 51.5 Å². The van der Waals surface area contributed by atoms with Crippen LogP contribution in [-0.4, -0.2) is 40.1 Å². The first-order chi connectivity index (χ1) is 15.8. The molecule has 3 saturated heterocycles. The Balaban J connectivity index is 1.54. The molecule has 0 aliphatic carbocycles. The minimum atomic E-state index is -1.51. The molecular formula is C22H16ClFN4O5. The maximum absolute atomic E-state index is 14.3. The molecule has 3 fully saturated rings.